The zero-order valence-corrected chi connectivity index (χ0v) is 9.48. The first kappa shape index (κ1) is 10.9. The third-order valence-corrected chi connectivity index (χ3v) is 2.84. The normalized spacial score (nSPS) is 36.4. The molecule has 19 heavy (non-hydrogen) atoms. The van der Waals surface area contributed by atoms with Gasteiger partial charge in [-0.25, -0.2) is 9.59 Å². The van der Waals surface area contributed by atoms with E-state index in [4.69, 9.17) is 19.6 Å². The number of aliphatic hydroxyl groups is 2. The number of ether oxygens (including phenoxy) is 1. The van der Waals surface area contributed by atoms with E-state index in [-0.39, 0.29) is 0 Å². The Hall–Kier alpha value is -1.99. The molecule has 1 aromatic rings. The molecule has 0 aromatic carbocycles. The number of nitrogens with zero attached hydrogens (tertiary/aromatic N) is 2. The van der Waals surface area contributed by atoms with E-state index in [2.05, 4.69) is 4.98 Å². The Bertz CT molecular complexity index is 705. The smallest absolute Gasteiger partial charge is 0.350 e. The van der Waals surface area contributed by atoms with E-state index in [1.807, 2.05) is 10.9 Å². The summed E-state index contributed by atoms with van der Waals surface area (Å²) in [5.41, 5.74) is 1.92. The molecule has 0 radical (unpaired) electrons. The number of nitrogens with one attached hydrogen (secondary N) is 1. The van der Waals surface area contributed by atoms with Gasteiger partial charge in [0.25, 0.3) is 0 Å². The number of aromatic amines is 1. The lowest BCUT2D eigenvalue weighted by Gasteiger charge is -2.27. The van der Waals surface area contributed by atoms with Crippen LogP contribution in [0.4, 0.5) is 0 Å². The molecule has 1 aliphatic heterocycles. The van der Waals surface area contributed by atoms with Crippen LogP contribution in [-0.2, 0) is 4.74 Å². The van der Waals surface area contributed by atoms with E-state index in [1.165, 1.54) is 0 Å². The first-order valence-corrected chi connectivity index (χ1v) is 5.11. The summed E-state index contributed by atoms with van der Waals surface area (Å²) in [6.45, 7) is -2.95. The van der Waals surface area contributed by atoms with Gasteiger partial charge in [0.2, 0.25) is 0 Å². The number of aromatic nitrogens is 3. The molecule has 9 heteroatoms. The van der Waals surface area contributed by atoms with Gasteiger partial charge in [0, 0.05) is 0 Å². The molecule has 5 N–H and O–H groups in total. The number of nitrogens with two attached hydrogens (primary N) is 1. The van der Waals surface area contributed by atoms with Crippen molar-refractivity contribution < 1.29 is 17.7 Å². The van der Waals surface area contributed by atoms with Crippen LogP contribution in [-0.4, -0.2) is 49.1 Å². The van der Waals surface area contributed by atoms with Gasteiger partial charge < -0.3 is 20.7 Å². The predicted octanol–water partition coefficient (Wildman–Crippen LogP) is -3.49. The summed E-state index contributed by atoms with van der Waals surface area (Å²) >= 11 is 0. The number of hydrogen-bond donors (Lipinski definition) is 4. The van der Waals surface area contributed by atoms with E-state index >= 15 is 0 Å². The van der Waals surface area contributed by atoms with Gasteiger partial charge in [-0.3, -0.25) is 9.55 Å². The molecule has 102 valence electrons. The molecule has 1 aliphatic rings. The second kappa shape index (κ2) is 4.60. The summed E-state index contributed by atoms with van der Waals surface area (Å²) in [7, 11) is 0. The van der Waals surface area contributed by atoms with Crippen molar-refractivity contribution in [1.82, 2.24) is 14.5 Å². The highest BCUT2D eigenvalue weighted by atomic mass is 16.5. The number of terminal acetylenes is 1. The molecular formula is C10H12N4O5. The van der Waals surface area contributed by atoms with Crippen LogP contribution in [0.15, 0.2) is 15.9 Å². The predicted molar refractivity (Wildman–Crippen MR) is 61.9 cm³/mol. The molecule has 0 bridgehead atoms. The van der Waals surface area contributed by atoms with E-state index in [1.54, 1.807) is 0 Å². The molecule has 1 saturated heterocycles. The van der Waals surface area contributed by atoms with Gasteiger partial charge in [0.15, 0.2) is 11.8 Å². The second-order valence-corrected chi connectivity index (χ2v) is 3.95. The molecule has 1 aromatic heterocycles. The average Bonchev–Trinajstić information content (AvgIpc) is 2.63. The second-order valence-electron chi connectivity index (χ2n) is 3.95. The maximum atomic E-state index is 11.7. The van der Waals surface area contributed by atoms with Crippen LogP contribution in [0.5, 0.6) is 0 Å². The molecular weight excluding hydrogens is 256 g/mol. The lowest BCUT2D eigenvalue weighted by atomic mass is 9.92. The van der Waals surface area contributed by atoms with Crippen molar-refractivity contribution in [3.05, 3.63) is 27.3 Å². The van der Waals surface area contributed by atoms with Crippen molar-refractivity contribution in [2.24, 2.45) is 5.73 Å². The van der Waals surface area contributed by atoms with Gasteiger partial charge in [-0.05, 0) is 0 Å². The van der Waals surface area contributed by atoms with E-state index < -0.39 is 41.9 Å². The molecule has 0 spiro atoms. The highest BCUT2D eigenvalue weighted by Gasteiger charge is 2.54. The van der Waals surface area contributed by atoms with Gasteiger partial charge >= 0.3 is 11.4 Å². The molecule has 0 aliphatic carbocycles. The first-order valence-electron chi connectivity index (χ1n) is 6.11. The largest absolute Gasteiger partial charge is 0.394 e. The monoisotopic (exact) mass is 270 g/mol. The zero-order valence-electron chi connectivity index (χ0n) is 11.5. The Kier molecular flexibility index (Phi) is 2.63. The van der Waals surface area contributed by atoms with Crippen molar-refractivity contribution in [3.63, 3.8) is 0 Å². The zero-order chi connectivity index (χ0) is 16.0. The molecule has 0 amide bonds. The third-order valence-electron chi connectivity index (χ3n) is 2.84. The summed E-state index contributed by atoms with van der Waals surface area (Å²) < 4.78 is 20.2. The SMILES string of the molecule is [2H]C([2H])(O)[C@H]1O[C@@H](n2cnc(=O)[nH]c2=O)[C@@](N)(C#C)C1O. The summed E-state index contributed by atoms with van der Waals surface area (Å²) in [4.78, 5) is 27.8. The highest BCUT2D eigenvalue weighted by Crippen LogP contribution is 2.34. The summed E-state index contributed by atoms with van der Waals surface area (Å²) in [5.74, 6) is 2.03. The van der Waals surface area contributed by atoms with Crippen molar-refractivity contribution in [1.29, 1.82) is 0 Å². The summed E-state index contributed by atoms with van der Waals surface area (Å²) in [6.07, 6.45) is 0.928. The van der Waals surface area contributed by atoms with Gasteiger partial charge in [-0.1, -0.05) is 5.92 Å². The van der Waals surface area contributed by atoms with Crippen LogP contribution in [0.1, 0.15) is 8.97 Å². The highest BCUT2D eigenvalue weighted by molar-refractivity contribution is 5.22. The number of aliphatic hydroxyl groups excluding tert-OH is 1. The van der Waals surface area contributed by atoms with Gasteiger partial charge in [-0.2, -0.15) is 4.98 Å². The van der Waals surface area contributed by atoms with Crippen molar-refractivity contribution in [2.45, 2.75) is 24.0 Å². The third kappa shape index (κ3) is 1.96. The first-order chi connectivity index (χ1) is 9.61. The fraction of sp³-hybridized carbons (Fsp3) is 0.500. The Labute approximate surface area is 109 Å². The van der Waals surface area contributed by atoms with Crippen molar-refractivity contribution in [2.75, 3.05) is 6.56 Å². The Morgan fingerprint density at radius 2 is 2.47 bits per heavy atom. The Morgan fingerprint density at radius 3 is 3.00 bits per heavy atom. The van der Waals surface area contributed by atoms with Crippen LogP contribution in [0.25, 0.3) is 0 Å². The molecule has 9 nitrogen and oxygen atoms in total. The van der Waals surface area contributed by atoms with Crippen molar-refractivity contribution in [3.8, 4) is 12.3 Å². The molecule has 2 rings (SSSR count). The summed E-state index contributed by atoms with van der Waals surface area (Å²) in [6, 6.07) is 0. The number of rotatable bonds is 2. The van der Waals surface area contributed by atoms with Crippen LogP contribution in [0, 0.1) is 12.3 Å². The van der Waals surface area contributed by atoms with Gasteiger partial charge in [-0.15, -0.1) is 6.42 Å². The average molecular weight is 270 g/mol. The molecule has 1 unspecified atom stereocenters. The minimum absolute atomic E-state index is 0.705. The van der Waals surface area contributed by atoms with E-state index in [0.29, 0.717) is 4.57 Å². The van der Waals surface area contributed by atoms with E-state index in [0.717, 1.165) is 6.33 Å². The van der Waals surface area contributed by atoms with Crippen LogP contribution in [0.3, 0.4) is 0 Å². The van der Waals surface area contributed by atoms with Crippen LogP contribution in [0.2, 0.25) is 0 Å². The fourth-order valence-electron chi connectivity index (χ4n) is 1.80. The fourth-order valence-corrected chi connectivity index (χ4v) is 1.80. The topological polar surface area (TPSA) is 143 Å². The molecule has 0 saturated carbocycles. The molecule has 1 fully saturated rings. The standard InChI is InChI=1S/C10H12N4O5/c1-2-10(11)6(16)5(3-15)19-7(10)14-4-12-8(17)13-9(14)18/h1,4-7,15-16H,3,11H2,(H,13,17,18)/t5-,6?,7-,10-/m1/s1/i3D2. The molecule has 2 heterocycles. The van der Waals surface area contributed by atoms with Crippen molar-refractivity contribution >= 4 is 0 Å². The number of hydrogen-bond acceptors (Lipinski definition) is 7. The maximum Gasteiger partial charge on any atom is 0.350 e. The summed E-state index contributed by atoms with van der Waals surface area (Å²) in [5, 5.41) is 19.4. The minimum atomic E-state index is -2.95. The quantitative estimate of drug-likeness (QED) is 0.408. The lowest BCUT2D eigenvalue weighted by molar-refractivity contribution is -0.0481. The van der Waals surface area contributed by atoms with Crippen LogP contribution >= 0.6 is 0 Å². The van der Waals surface area contributed by atoms with Gasteiger partial charge in [0.1, 0.15) is 18.5 Å². The minimum Gasteiger partial charge on any atom is -0.394 e. The lowest BCUT2D eigenvalue weighted by Crippen LogP contribution is -2.55. The van der Waals surface area contributed by atoms with Crippen LogP contribution < -0.4 is 17.1 Å². The van der Waals surface area contributed by atoms with E-state index in [9.17, 15) is 19.8 Å². The Morgan fingerprint density at radius 1 is 1.79 bits per heavy atom. The molecule has 4 atom stereocenters. The maximum absolute atomic E-state index is 11.7. The van der Waals surface area contributed by atoms with Gasteiger partial charge in [0.05, 0.1) is 9.30 Å². The Balaban J connectivity index is 2.55. The number of H-pyrrole nitrogens is 1.